The second-order valence-corrected chi connectivity index (χ2v) is 7.41. The smallest absolute Gasteiger partial charge is 0.407 e. The number of methoxy groups -OCH3 is 2. The molecule has 0 aliphatic carbocycles. The molecule has 10 heteroatoms. The first kappa shape index (κ1) is 26.8. The Morgan fingerprint density at radius 3 is 2.06 bits per heavy atom. The zero-order valence-electron chi connectivity index (χ0n) is 19.1. The highest BCUT2D eigenvalue weighted by molar-refractivity contribution is 5.67. The number of alkyl carbamates (subject to hydrolysis) is 1. The van der Waals surface area contributed by atoms with E-state index in [-0.39, 0.29) is 0 Å². The quantitative estimate of drug-likeness (QED) is 0.274. The van der Waals surface area contributed by atoms with Crippen molar-refractivity contribution in [2.45, 2.75) is 32.9 Å². The maximum Gasteiger partial charge on any atom is 0.407 e. The molecule has 1 amide bonds. The summed E-state index contributed by atoms with van der Waals surface area (Å²) in [4.78, 5) is 11.5. The highest BCUT2D eigenvalue weighted by Crippen LogP contribution is 2.33. The topological polar surface area (TPSA) is 117 Å². The Hall–Kier alpha value is -2.27. The van der Waals surface area contributed by atoms with Crippen LogP contribution in [0.15, 0.2) is 12.1 Å². The zero-order chi connectivity index (χ0) is 23.1. The minimum Gasteiger partial charge on any atom is -0.496 e. The number of benzene rings is 1. The highest BCUT2D eigenvalue weighted by atomic mass is 16.6. The number of carbonyl (C=O) groups is 1. The molecule has 0 bridgehead atoms. The van der Waals surface area contributed by atoms with Crippen molar-refractivity contribution in [1.29, 1.82) is 0 Å². The molecule has 0 radical (unpaired) electrons. The standard InChI is InChI=1S/C21H36N2O8/c1-21(2,3)31-20(25)23-7-9-29-11-10-28-8-6-22-14-17-18(26-4)12-16(30-15-24)13-19(17)27-5/h12-13,22,24H,6-11,14-15H2,1-5H3,(H,23,25). The van der Waals surface area contributed by atoms with Gasteiger partial charge in [-0.2, -0.15) is 0 Å². The van der Waals surface area contributed by atoms with E-state index >= 15 is 0 Å². The van der Waals surface area contributed by atoms with Crippen molar-refractivity contribution in [2.75, 3.05) is 60.5 Å². The molecule has 1 aromatic rings. The number of rotatable bonds is 15. The van der Waals surface area contributed by atoms with Gasteiger partial charge in [-0.15, -0.1) is 0 Å². The molecular formula is C21H36N2O8. The van der Waals surface area contributed by atoms with E-state index in [1.807, 2.05) is 20.8 Å². The molecule has 0 unspecified atom stereocenters. The predicted octanol–water partition coefficient (Wildman–Crippen LogP) is 1.68. The van der Waals surface area contributed by atoms with Gasteiger partial charge in [-0.1, -0.05) is 0 Å². The normalized spacial score (nSPS) is 11.2. The number of amides is 1. The van der Waals surface area contributed by atoms with E-state index < -0.39 is 18.5 Å². The van der Waals surface area contributed by atoms with Gasteiger partial charge in [0.2, 0.25) is 0 Å². The van der Waals surface area contributed by atoms with Crippen molar-refractivity contribution in [3.05, 3.63) is 17.7 Å². The van der Waals surface area contributed by atoms with Crippen LogP contribution in [-0.4, -0.2) is 77.3 Å². The number of carbonyl (C=O) groups excluding carboxylic acids is 1. The Kier molecular flexibility index (Phi) is 12.7. The summed E-state index contributed by atoms with van der Waals surface area (Å²) < 4.78 is 31.9. The van der Waals surface area contributed by atoms with Crippen molar-refractivity contribution < 1.29 is 38.3 Å². The number of aliphatic hydroxyl groups excluding tert-OH is 1. The summed E-state index contributed by atoms with van der Waals surface area (Å²) in [5.41, 5.74) is 0.331. The Balaban J connectivity index is 2.16. The van der Waals surface area contributed by atoms with E-state index in [0.29, 0.717) is 63.3 Å². The number of hydrogen-bond donors (Lipinski definition) is 3. The maximum atomic E-state index is 11.5. The Bertz CT molecular complexity index is 624. The lowest BCUT2D eigenvalue weighted by Gasteiger charge is -2.19. The van der Waals surface area contributed by atoms with Gasteiger partial charge < -0.3 is 44.2 Å². The number of nitrogens with one attached hydrogen (secondary N) is 2. The van der Waals surface area contributed by atoms with Gasteiger partial charge in [0, 0.05) is 31.8 Å². The van der Waals surface area contributed by atoms with Crippen molar-refractivity contribution in [1.82, 2.24) is 10.6 Å². The van der Waals surface area contributed by atoms with Crippen molar-refractivity contribution in [3.63, 3.8) is 0 Å². The molecule has 0 aromatic heterocycles. The van der Waals surface area contributed by atoms with Gasteiger partial charge in [0.05, 0.1) is 46.2 Å². The lowest BCUT2D eigenvalue weighted by molar-refractivity contribution is 0.0403. The van der Waals surface area contributed by atoms with Gasteiger partial charge in [0.1, 0.15) is 22.8 Å². The third-order valence-corrected chi connectivity index (χ3v) is 3.82. The molecule has 1 aromatic carbocycles. The van der Waals surface area contributed by atoms with E-state index in [2.05, 4.69) is 10.6 Å². The second kappa shape index (κ2) is 14.7. The average molecular weight is 445 g/mol. The molecule has 1 rings (SSSR count). The van der Waals surface area contributed by atoms with E-state index in [4.69, 9.17) is 33.5 Å². The molecule has 3 N–H and O–H groups in total. The van der Waals surface area contributed by atoms with Crippen LogP contribution in [0.25, 0.3) is 0 Å². The molecule has 0 atom stereocenters. The van der Waals surface area contributed by atoms with Crippen LogP contribution in [0.2, 0.25) is 0 Å². The molecule has 0 aliphatic rings. The van der Waals surface area contributed by atoms with E-state index in [0.717, 1.165) is 5.56 Å². The van der Waals surface area contributed by atoms with Crippen molar-refractivity contribution in [2.24, 2.45) is 0 Å². The first-order chi connectivity index (χ1) is 14.8. The summed E-state index contributed by atoms with van der Waals surface area (Å²) in [6.45, 7) is 8.31. The van der Waals surface area contributed by atoms with Crippen LogP contribution in [0, 0.1) is 0 Å². The molecule has 31 heavy (non-hydrogen) atoms. The average Bonchev–Trinajstić information content (AvgIpc) is 2.71. The predicted molar refractivity (Wildman–Crippen MR) is 115 cm³/mol. The molecule has 0 spiro atoms. The third kappa shape index (κ3) is 11.6. The molecular weight excluding hydrogens is 408 g/mol. The zero-order valence-corrected chi connectivity index (χ0v) is 19.1. The molecule has 0 saturated carbocycles. The first-order valence-corrected chi connectivity index (χ1v) is 10.1. The van der Waals surface area contributed by atoms with Gasteiger partial charge in [0.25, 0.3) is 0 Å². The second-order valence-electron chi connectivity index (χ2n) is 7.41. The Morgan fingerprint density at radius 1 is 0.968 bits per heavy atom. The van der Waals surface area contributed by atoms with Crippen molar-refractivity contribution >= 4 is 6.09 Å². The summed E-state index contributed by atoms with van der Waals surface area (Å²) >= 11 is 0. The monoisotopic (exact) mass is 444 g/mol. The van der Waals surface area contributed by atoms with Crippen LogP contribution in [0.5, 0.6) is 17.2 Å². The van der Waals surface area contributed by atoms with Gasteiger partial charge >= 0.3 is 6.09 Å². The van der Waals surface area contributed by atoms with E-state index in [9.17, 15) is 4.79 Å². The van der Waals surface area contributed by atoms with Gasteiger partial charge in [-0.05, 0) is 20.8 Å². The lowest BCUT2D eigenvalue weighted by atomic mass is 10.1. The third-order valence-electron chi connectivity index (χ3n) is 3.82. The highest BCUT2D eigenvalue weighted by Gasteiger charge is 2.15. The minimum atomic E-state index is -0.513. The van der Waals surface area contributed by atoms with Crippen molar-refractivity contribution in [3.8, 4) is 17.2 Å². The largest absolute Gasteiger partial charge is 0.496 e. The first-order valence-electron chi connectivity index (χ1n) is 10.1. The van der Waals surface area contributed by atoms with Crippen LogP contribution >= 0.6 is 0 Å². The van der Waals surface area contributed by atoms with Crippen LogP contribution < -0.4 is 24.8 Å². The number of aliphatic hydroxyl groups is 1. The van der Waals surface area contributed by atoms with Crippen LogP contribution in [-0.2, 0) is 20.8 Å². The summed E-state index contributed by atoms with van der Waals surface area (Å²) in [5.74, 6) is 1.67. The van der Waals surface area contributed by atoms with Crippen LogP contribution in [0.1, 0.15) is 26.3 Å². The van der Waals surface area contributed by atoms with Gasteiger partial charge in [-0.3, -0.25) is 0 Å². The van der Waals surface area contributed by atoms with E-state index in [1.165, 1.54) is 0 Å². The number of ether oxygens (including phenoxy) is 6. The van der Waals surface area contributed by atoms with Crippen LogP contribution in [0.4, 0.5) is 4.79 Å². The fourth-order valence-corrected chi connectivity index (χ4v) is 2.51. The van der Waals surface area contributed by atoms with Gasteiger partial charge in [0.15, 0.2) is 6.79 Å². The van der Waals surface area contributed by atoms with E-state index in [1.54, 1.807) is 26.4 Å². The molecule has 0 saturated heterocycles. The molecule has 178 valence electrons. The molecule has 0 fully saturated rings. The SMILES string of the molecule is COc1cc(OCO)cc(OC)c1CNCCOCCOCCNC(=O)OC(C)(C)C. The Labute approximate surface area is 184 Å². The summed E-state index contributed by atoms with van der Waals surface area (Å²) in [7, 11) is 3.13. The fourth-order valence-electron chi connectivity index (χ4n) is 2.51. The lowest BCUT2D eigenvalue weighted by Crippen LogP contribution is -2.34. The number of hydrogen-bond acceptors (Lipinski definition) is 9. The minimum absolute atomic E-state index is 0.377. The van der Waals surface area contributed by atoms with Crippen LogP contribution in [0.3, 0.4) is 0 Å². The molecule has 0 aliphatic heterocycles. The summed E-state index contributed by atoms with van der Waals surface area (Å²) in [6.07, 6.45) is -0.456. The summed E-state index contributed by atoms with van der Waals surface area (Å²) in [6, 6.07) is 3.39. The molecule has 10 nitrogen and oxygen atoms in total. The Morgan fingerprint density at radius 2 is 1.55 bits per heavy atom. The maximum absolute atomic E-state index is 11.5. The molecule has 0 heterocycles. The van der Waals surface area contributed by atoms with Gasteiger partial charge in [-0.25, -0.2) is 4.79 Å². The fraction of sp³-hybridized carbons (Fsp3) is 0.667. The summed E-state index contributed by atoms with van der Waals surface area (Å²) in [5, 5.41) is 14.8.